The topological polar surface area (TPSA) is 39.9 Å². The first kappa shape index (κ1) is 21.4. The average molecular weight is 465 g/mol. The molecule has 5 heterocycles. The van der Waals surface area contributed by atoms with E-state index in [0.29, 0.717) is 6.04 Å². The van der Waals surface area contributed by atoms with E-state index in [4.69, 9.17) is 21.6 Å². The molecule has 3 aliphatic rings. The number of piperazine rings is 1. The molecule has 2 unspecified atom stereocenters. The Hall–Kier alpha value is -2.15. The maximum atomic E-state index is 7.12. The Labute approximate surface area is 201 Å². The van der Waals surface area contributed by atoms with Gasteiger partial charge < -0.3 is 4.90 Å². The summed E-state index contributed by atoms with van der Waals surface area (Å²) in [6.45, 7) is 6.52. The van der Waals surface area contributed by atoms with Crippen molar-refractivity contribution in [2.45, 2.75) is 57.2 Å². The van der Waals surface area contributed by atoms with Crippen LogP contribution in [-0.2, 0) is 0 Å². The fourth-order valence-corrected chi connectivity index (χ4v) is 6.25. The van der Waals surface area contributed by atoms with Gasteiger partial charge in [0.05, 0.1) is 23.5 Å². The molecular formula is C26H33ClN6. The normalized spacial score (nSPS) is 25.1. The van der Waals surface area contributed by atoms with Crippen molar-refractivity contribution in [1.29, 1.82) is 0 Å². The lowest BCUT2D eigenvalue weighted by Crippen LogP contribution is -2.47. The second-order valence-electron chi connectivity index (χ2n) is 9.95. The van der Waals surface area contributed by atoms with Crippen LogP contribution in [0.15, 0.2) is 36.5 Å². The zero-order valence-electron chi connectivity index (χ0n) is 19.6. The zero-order chi connectivity index (χ0) is 22.5. The van der Waals surface area contributed by atoms with Crippen molar-refractivity contribution in [1.82, 2.24) is 24.2 Å². The summed E-state index contributed by atoms with van der Waals surface area (Å²) in [5.74, 6) is 1.17. The smallest absolute Gasteiger partial charge is 0.139 e. The van der Waals surface area contributed by atoms with Crippen LogP contribution in [0, 0.1) is 6.92 Å². The molecule has 2 aliphatic heterocycles. The predicted octanol–water partition coefficient (Wildman–Crippen LogP) is 4.87. The summed E-state index contributed by atoms with van der Waals surface area (Å²) >= 11 is 7.12. The van der Waals surface area contributed by atoms with Crippen molar-refractivity contribution >= 4 is 23.1 Å². The molecule has 6 nitrogen and oxygen atoms in total. The third-order valence-corrected chi connectivity index (χ3v) is 8.28. The van der Waals surface area contributed by atoms with Crippen molar-refractivity contribution in [3.05, 3.63) is 58.6 Å². The van der Waals surface area contributed by atoms with Gasteiger partial charge in [0.1, 0.15) is 16.6 Å². The Morgan fingerprint density at radius 1 is 0.909 bits per heavy atom. The third-order valence-electron chi connectivity index (χ3n) is 7.91. The summed E-state index contributed by atoms with van der Waals surface area (Å²) in [6.07, 6.45) is 7.99. The van der Waals surface area contributed by atoms with Crippen molar-refractivity contribution in [2.75, 3.05) is 38.1 Å². The Morgan fingerprint density at radius 3 is 2.39 bits per heavy atom. The maximum absolute atomic E-state index is 7.12. The molecule has 6 rings (SSSR count). The number of piperidine rings is 1. The largest absolute Gasteiger partial charge is 0.355 e. The molecule has 33 heavy (non-hydrogen) atoms. The van der Waals surface area contributed by atoms with Gasteiger partial charge >= 0.3 is 0 Å². The van der Waals surface area contributed by atoms with Gasteiger partial charge in [0.15, 0.2) is 0 Å². The van der Waals surface area contributed by atoms with Gasteiger partial charge in [0, 0.05) is 38.4 Å². The highest BCUT2D eigenvalue weighted by Gasteiger charge is 2.35. The van der Waals surface area contributed by atoms with Gasteiger partial charge in [-0.3, -0.25) is 19.2 Å². The van der Waals surface area contributed by atoms with E-state index in [1.165, 1.54) is 29.9 Å². The molecule has 3 aromatic heterocycles. The quantitative estimate of drug-likeness (QED) is 0.550. The third kappa shape index (κ3) is 3.82. The van der Waals surface area contributed by atoms with Crippen LogP contribution in [0.2, 0.25) is 5.15 Å². The van der Waals surface area contributed by atoms with E-state index in [1.807, 2.05) is 12.3 Å². The number of fused-ring (bicyclic) bond motifs is 1. The van der Waals surface area contributed by atoms with Crippen LogP contribution in [0.3, 0.4) is 0 Å². The maximum Gasteiger partial charge on any atom is 0.139 e. The number of anilines is 1. The highest BCUT2D eigenvalue weighted by Crippen LogP contribution is 2.43. The zero-order valence-corrected chi connectivity index (χ0v) is 20.4. The van der Waals surface area contributed by atoms with E-state index < -0.39 is 0 Å². The minimum atomic E-state index is 0.192. The molecule has 174 valence electrons. The van der Waals surface area contributed by atoms with E-state index in [9.17, 15) is 0 Å². The minimum Gasteiger partial charge on any atom is -0.355 e. The molecule has 3 fully saturated rings. The first-order valence-corrected chi connectivity index (χ1v) is 12.8. The Balaban J connectivity index is 1.31. The van der Waals surface area contributed by atoms with Crippen LogP contribution in [-0.4, -0.2) is 63.4 Å². The molecule has 0 spiro atoms. The lowest BCUT2D eigenvalue weighted by molar-refractivity contribution is 0.109. The van der Waals surface area contributed by atoms with Crippen LogP contribution in [0.5, 0.6) is 0 Å². The van der Waals surface area contributed by atoms with E-state index in [0.717, 1.165) is 68.0 Å². The molecule has 0 bridgehead atoms. The van der Waals surface area contributed by atoms with Crippen molar-refractivity contribution in [3.63, 3.8) is 0 Å². The van der Waals surface area contributed by atoms with Crippen LogP contribution >= 0.6 is 11.6 Å². The number of aryl methyl sites for hydroxylation is 1. The summed E-state index contributed by atoms with van der Waals surface area (Å²) in [5.41, 5.74) is 4.38. The minimum absolute atomic E-state index is 0.192. The number of rotatable bonds is 4. The molecule has 1 saturated carbocycles. The van der Waals surface area contributed by atoms with Crippen LogP contribution in [0.4, 0.5) is 5.82 Å². The highest BCUT2D eigenvalue weighted by atomic mass is 35.5. The van der Waals surface area contributed by atoms with Gasteiger partial charge in [0.2, 0.25) is 0 Å². The molecule has 0 amide bonds. The van der Waals surface area contributed by atoms with Crippen LogP contribution in [0.25, 0.3) is 5.65 Å². The van der Waals surface area contributed by atoms with E-state index in [2.05, 4.69) is 57.3 Å². The Bertz CT molecular complexity index is 1150. The lowest BCUT2D eigenvalue weighted by atomic mass is 9.91. The number of imidazole rings is 1. The van der Waals surface area contributed by atoms with Gasteiger partial charge in [-0.25, -0.2) is 4.98 Å². The summed E-state index contributed by atoms with van der Waals surface area (Å²) in [4.78, 5) is 17.4. The van der Waals surface area contributed by atoms with Crippen LogP contribution in [0.1, 0.15) is 61.1 Å². The molecule has 3 aromatic rings. The SMILES string of the molecule is Cc1cccnc1C1CCCC(c2nc3cccc(N4CCN(C5CC5)CC4)n3c2Cl)N1C. The molecule has 0 N–H and O–H groups in total. The number of nitrogens with zero attached hydrogens (tertiary/aromatic N) is 6. The van der Waals surface area contributed by atoms with E-state index in [1.54, 1.807) is 0 Å². The Kier molecular flexibility index (Phi) is 5.55. The second-order valence-corrected chi connectivity index (χ2v) is 10.3. The second kappa shape index (κ2) is 8.57. The molecule has 7 heteroatoms. The van der Waals surface area contributed by atoms with Gasteiger partial charge in [-0.05, 0) is 69.8 Å². The fraction of sp³-hybridized carbons (Fsp3) is 0.538. The molecule has 1 aliphatic carbocycles. The van der Waals surface area contributed by atoms with E-state index in [-0.39, 0.29) is 6.04 Å². The monoisotopic (exact) mass is 464 g/mol. The number of halogens is 1. The summed E-state index contributed by atoms with van der Waals surface area (Å²) < 4.78 is 2.17. The predicted molar refractivity (Wildman–Crippen MR) is 133 cm³/mol. The summed E-state index contributed by atoms with van der Waals surface area (Å²) in [5, 5.41) is 0.764. The Morgan fingerprint density at radius 2 is 1.67 bits per heavy atom. The van der Waals surface area contributed by atoms with Crippen LogP contribution < -0.4 is 4.90 Å². The van der Waals surface area contributed by atoms with Gasteiger partial charge in [-0.1, -0.05) is 23.7 Å². The molecular weight excluding hydrogens is 432 g/mol. The number of pyridine rings is 2. The van der Waals surface area contributed by atoms with Crippen molar-refractivity contribution < 1.29 is 0 Å². The van der Waals surface area contributed by atoms with Crippen molar-refractivity contribution in [2.24, 2.45) is 0 Å². The van der Waals surface area contributed by atoms with Gasteiger partial charge in [-0.15, -0.1) is 0 Å². The number of hydrogen-bond acceptors (Lipinski definition) is 5. The highest BCUT2D eigenvalue weighted by molar-refractivity contribution is 6.30. The first-order valence-electron chi connectivity index (χ1n) is 12.4. The van der Waals surface area contributed by atoms with Gasteiger partial charge in [0.25, 0.3) is 0 Å². The molecule has 2 saturated heterocycles. The number of hydrogen-bond donors (Lipinski definition) is 0. The lowest BCUT2D eigenvalue weighted by Gasteiger charge is -2.39. The number of aromatic nitrogens is 3. The number of likely N-dealkylation sites (tertiary alicyclic amines) is 1. The standard InChI is InChI=1S/C26H33ClN6/c1-18-6-5-13-28-24(18)20-7-3-8-21(30(20)2)25-26(27)33-22(29-25)9-4-10-23(33)32-16-14-31(15-17-32)19-11-12-19/h4-6,9-10,13,19-21H,3,7-8,11-12,14-17H2,1-2H3. The van der Waals surface area contributed by atoms with Gasteiger partial charge in [-0.2, -0.15) is 0 Å². The van der Waals surface area contributed by atoms with E-state index >= 15 is 0 Å². The molecule has 0 aromatic carbocycles. The molecule has 0 radical (unpaired) electrons. The average Bonchev–Trinajstić information content (AvgIpc) is 3.64. The summed E-state index contributed by atoms with van der Waals surface area (Å²) in [7, 11) is 2.21. The molecule has 2 atom stereocenters. The van der Waals surface area contributed by atoms with Crippen molar-refractivity contribution in [3.8, 4) is 0 Å². The fourth-order valence-electron chi connectivity index (χ4n) is 5.91. The first-order chi connectivity index (χ1) is 16.1. The summed E-state index contributed by atoms with van der Waals surface area (Å²) in [6, 6.07) is 11.9.